The zero-order valence-electron chi connectivity index (χ0n) is 15.1. The number of hydrogen-bond donors (Lipinski definition) is 2. The Bertz CT molecular complexity index is 1010. The van der Waals surface area contributed by atoms with Crippen molar-refractivity contribution in [3.05, 3.63) is 59.7 Å². The van der Waals surface area contributed by atoms with E-state index in [-0.39, 0.29) is 23.6 Å². The van der Waals surface area contributed by atoms with Gasteiger partial charge in [0.1, 0.15) is 0 Å². The second-order valence-electron chi connectivity index (χ2n) is 6.70. The van der Waals surface area contributed by atoms with Gasteiger partial charge in [0, 0.05) is 18.7 Å². The number of rotatable bonds is 7. The number of fused-ring (bicyclic) bond motifs is 1. The van der Waals surface area contributed by atoms with Crippen LogP contribution in [0.15, 0.2) is 53.4 Å². The van der Waals surface area contributed by atoms with Crippen molar-refractivity contribution >= 4 is 22.0 Å². The summed E-state index contributed by atoms with van der Waals surface area (Å²) in [4.78, 5) is 12.2. The molecule has 1 fully saturated rings. The number of hydrogen-bond acceptors (Lipinski definition) is 5. The summed E-state index contributed by atoms with van der Waals surface area (Å²) in [5.41, 5.74) is 1.65. The molecule has 0 spiro atoms. The molecule has 4 rings (SSSR count). The second kappa shape index (κ2) is 7.65. The maximum Gasteiger partial charge on any atom is 0.244 e. The standard InChI is InChI=1S/C20H20N2O5S/c23-20(21-12-15-3-9-18-19(11-15)27-13-26-18)10-4-14-1-7-17(8-2-14)28(24,25)22-16-5-6-16/h1-4,7-11,16,22H,5-6,12-13H2,(H,21,23). The van der Waals surface area contributed by atoms with Crippen LogP contribution in [0.3, 0.4) is 0 Å². The highest BCUT2D eigenvalue weighted by molar-refractivity contribution is 7.89. The fraction of sp³-hybridized carbons (Fsp3) is 0.250. The molecule has 2 N–H and O–H groups in total. The summed E-state index contributed by atoms with van der Waals surface area (Å²) in [7, 11) is -3.46. The summed E-state index contributed by atoms with van der Waals surface area (Å²) in [6, 6.07) is 12.0. The number of sulfonamides is 1. The van der Waals surface area contributed by atoms with Gasteiger partial charge in [0.25, 0.3) is 0 Å². The van der Waals surface area contributed by atoms with Gasteiger partial charge in [-0.3, -0.25) is 4.79 Å². The van der Waals surface area contributed by atoms with Crippen LogP contribution in [0.1, 0.15) is 24.0 Å². The van der Waals surface area contributed by atoms with Crippen molar-refractivity contribution in [1.82, 2.24) is 10.0 Å². The van der Waals surface area contributed by atoms with Gasteiger partial charge < -0.3 is 14.8 Å². The molecule has 0 aromatic heterocycles. The fourth-order valence-corrected chi connectivity index (χ4v) is 4.02. The van der Waals surface area contributed by atoms with Crippen LogP contribution in [0.5, 0.6) is 11.5 Å². The van der Waals surface area contributed by atoms with E-state index in [1.807, 2.05) is 18.2 Å². The molecule has 0 unspecified atom stereocenters. The molecular formula is C20H20N2O5S. The van der Waals surface area contributed by atoms with Gasteiger partial charge in [-0.05, 0) is 54.3 Å². The Balaban J connectivity index is 1.31. The Hall–Kier alpha value is -2.84. The smallest absolute Gasteiger partial charge is 0.244 e. The highest BCUT2D eigenvalue weighted by atomic mass is 32.2. The van der Waals surface area contributed by atoms with E-state index in [2.05, 4.69) is 10.0 Å². The van der Waals surface area contributed by atoms with Crippen LogP contribution >= 0.6 is 0 Å². The van der Waals surface area contributed by atoms with Crippen molar-refractivity contribution in [2.75, 3.05) is 6.79 Å². The Morgan fingerprint density at radius 1 is 1.07 bits per heavy atom. The maximum absolute atomic E-state index is 12.1. The largest absolute Gasteiger partial charge is 0.454 e. The van der Waals surface area contributed by atoms with E-state index in [1.54, 1.807) is 18.2 Å². The predicted molar refractivity (Wildman–Crippen MR) is 103 cm³/mol. The average Bonchev–Trinajstić information content (AvgIpc) is 3.37. The summed E-state index contributed by atoms with van der Waals surface area (Å²) in [6.07, 6.45) is 4.83. The molecule has 1 heterocycles. The van der Waals surface area contributed by atoms with Crippen LogP contribution in [-0.2, 0) is 21.4 Å². The van der Waals surface area contributed by atoms with Crippen LogP contribution in [0, 0.1) is 0 Å². The molecule has 2 aliphatic rings. The molecule has 1 saturated carbocycles. The molecule has 7 nitrogen and oxygen atoms in total. The molecule has 2 aromatic carbocycles. The summed E-state index contributed by atoms with van der Waals surface area (Å²) in [5.74, 6) is 1.13. The van der Waals surface area contributed by atoms with E-state index in [4.69, 9.17) is 9.47 Å². The lowest BCUT2D eigenvalue weighted by atomic mass is 10.2. The van der Waals surface area contributed by atoms with E-state index in [0.29, 0.717) is 18.0 Å². The van der Waals surface area contributed by atoms with Gasteiger partial charge in [-0.2, -0.15) is 0 Å². The molecule has 1 aliphatic carbocycles. The molecule has 0 radical (unpaired) electrons. The molecule has 2 aromatic rings. The number of ether oxygens (including phenoxy) is 2. The molecule has 0 bridgehead atoms. The Kier molecular flexibility index (Phi) is 5.06. The summed E-state index contributed by atoms with van der Waals surface area (Å²) >= 11 is 0. The van der Waals surface area contributed by atoms with Gasteiger partial charge in [-0.1, -0.05) is 18.2 Å². The van der Waals surface area contributed by atoms with Gasteiger partial charge in [0.15, 0.2) is 11.5 Å². The van der Waals surface area contributed by atoms with Crippen molar-refractivity contribution in [2.24, 2.45) is 0 Å². The molecule has 146 valence electrons. The quantitative estimate of drug-likeness (QED) is 0.695. The first-order valence-electron chi connectivity index (χ1n) is 8.96. The van der Waals surface area contributed by atoms with Crippen LogP contribution in [0.25, 0.3) is 6.08 Å². The number of benzene rings is 2. The lowest BCUT2D eigenvalue weighted by Gasteiger charge is -2.05. The van der Waals surface area contributed by atoms with Crippen molar-refractivity contribution in [3.63, 3.8) is 0 Å². The van der Waals surface area contributed by atoms with E-state index in [0.717, 1.165) is 24.0 Å². The lowest BCUT2D eigenvalue weighted by molar-refractivity contribution is -0.116. The fourth-order valence-electron chi connectivity index (χ4n) is 2.72. The predicted octanol–water partition coefficient (Wildman–Crippen LogP) is 2.19. The number of amides is 1. The first-order valence-corrected chi connectivity index (χ1v) is 10.4. The van der Waals surface area contributed by atoms with E-state index >= 15 is 0 Å². The molecule has 1 amide bonds. The highest BCUT2D eigenvalue weighted by Crippen LogP contribution is 2.32. The van der Waals surface area contributed by atoms with Gasteiger partial charge in [-0.25, -0.2) is 13.1 Å². The van der Waals surface area contributed by atoms with Crippen LogP contribution in [0.2, 0.25) is 0 Å². The maximum atomic E-state index is 12.1. The average molecular weight is 400 g/mol. The van der Waals surface area contributed by atoms with Gasteiger partial charge in [0.2, 0.25) is 22.7 Å². The Labute approximate surface area is 163 Å². The SMILES string of the molecule is O=C(C=Cc1ccc(S(=O)(=O)NC2CC2)cc1)NCc1ccc2c(c1)OCO2. The zero-order valence-corrected chi connectivity index (χ0v) is 15.9. The van der Waals surface area contributed by atoms with Crippen LogP contribution in [-0.4, -0.2) is 27.2 Å². The zero-order chi connectivity index (χ0) is 19.6. The first-order chi connectivity index (χ1) is 13.5. The third-order valence-electron chi connectivity index (χ3n) is 4.42. The highest BCUT2D eigenvalue weighted by Gasteiger charge is 2.27. The van der Waals surface area contributed by atoms with E-state index in [9.17, 15) is 13.2 Å². The van der Waals surface area contributed by atoms with Gasteiger partial charge >= 0.3 is 0 Å². The number of carbonyl (C=O) groups is 1. The Morgan fingerprint density at radius 3 is 2.57 bits per heavy atom. The summed E-state index contributed by atoms with van der Waals surface area (Å²) < 4.78 is 37.5. The normalized spacial score (nSPS) is 15.7. The summed E-state index contributed by atoms with van der Waals surface area (Å²) in [6.45, 7) is 0.578. The molecular weight excluding hydrogens is 380 g/mol. The monoisotopic (exact) mass is 400 g/mol. The molecule has 0 saturated heterocycles. The molecule has 0 atom stereocenters. The van der Waals surface area contributed by atoms with Gasteiger partial charge in [0.05, 0.1) is 4.90 Å². The topological polar surface area (TPSA) is 93.7 Å². The van der Waals surface area contributed by atoms with Gasteiger partial charge in [-0.15, -0.1) is 0 Å². The second-order valence-corrected chi connectivity index (χ2v) is 8.42. The molecule has 28 heavy (non-hydrogen) atoms. The molecule has 1 aliphatic heterocycles. The number of nitrogens with one attached hydrogen (secondary N) is 2. The minimum absolute atomic E-state index is 0.0676. The minimum atomic E-state index is -3.46. The van der Waals surface area contributed by atoms with Crippen molar-refractivity contribution in [3.8, 4) is 11.5 Å². The minimum Gasteiger partial charge on any atom is -0.454 e. The summed E-state index contributed by atoms with van der Waals surface area (Å²) in [5, 5.41) is 2.80. The van der Waals surface area contributed by atoms with E-state index in [1.165, 1.54) is 18.2 Å². The third kappa shape index (κ3) is 4.52. The number of carbonyl (C=O) groups excluding carboxylic acids is 1. The Morgan fingerprint density at radius 2 is 1.82 bits per heavy atom. The van der Waals surface area contributed by atoms with Crippen molar-refractivity contribution in [1.29, 1.82) is 0 Å². The lowest BCUT2D eigenvalue weighted by Crippen LogP contribution is -2.25. The molecule has 8 heteroatoms. The van der Waals surface area contributed by atoms with Crippen molar-refractivity contribution in [2.45, 2.75) is 30.3 Å². The van der Waals surface area contributed by atoms with E-state index < -0.39 is 10.0 Å². The third-order valence-corrected chi connectivity index (χ3v) is 5.96. The van der Waals surface area contributed by atoms with Crippen molar-refractivity contribution < 1.29 is 22.7 Å². The first kappa shape index (κ1) is 18.5. The van der Waals surface area contributed by atoms with Crippen LogP contribution < -0.4 is 19.5 Å². The van der Waals surface area contributed by atoms with Crippen LogP contribution in [0.4, 0.5) is 0 Å².